The summed E-state index contributed by atoms with van der Waals surface area (Å²) in [5, 5.41) is 0. The van der Waals surface area contributed by atoms with Crippen LogP contribution in [0.1, 0.15) is 38.4 Å². The number of carbonyl (C=O) groups excluding carboxylic acids is 1. The van der Waals surface area contributed by atoms with Crippen molar-refractivity contribution in [1.29, 1.82) is 0 Å². The number of morpholine rings is 1. The Balaban J connectivity index is 1.99. The fourth-order valence-corrected chi connectivity index (χ4v) is 2.52. The van der Waals surface area contributed by atoms with Gasteiger partial charge in [0.1, 0.15) is 6.10 Å². The van der Waals surface area contributed by atoms with Crippen molar-refractivity contribution in [2.45, 2.75) is 44.9 Å². The molecular formula is C16H24N2O2. The lowest BCUT2D eigenvalue weighted by Crippen LogP contribution is -2.46. The van der Waals surface area contributed by atoms with Gasteiger partial charge < -0.3 is 15.4 Å². The molecule has 0 aromatic heterocycles. The third kappa shape index (κ3) is 4.05. The number of benzene rings is 1. The van der Waals surface area contributed by atoms with Crippen molar-refractivity contribution in [3.63, 3.8) is 0 Å². The van der Waals surface area contributed by atoms with Crippen LogP contribution in [0.25, 0.3) is 0 Å². The fraction of sp³-hybridized carbons (Fsp3) is 0.562. The van der Waals surface area contributed by atoms with Crippen LogP contribution in [0, 0.1) is 0 Å². The van der Waals surface area contributed by atoms with Crippen LogP contribution in [-0.2, 0) is 9.53 Å². The zero-order valence-corrected chi connectivity index (χ0v) is 12.3. The Kier molecular flexibility index (Phi) is 5.15. The second-order valence-electron chi connectivity index (χ2n) is 5.66. The highest BCUT2D eigenvalue weighted by Crippen LogP contribution is 2.25. The average molecular weight is 276 g/mol. The van der Waals surface area contributed by atoms with Crippen molar-refractivity contribution in [2.24, 2.45) is 5.73 Å². The van der Waals surface area contributed by atoms with E-state index in [9.17, 15) is 4.79 Å². The monoisotopic (exact) mass is 276 g/mol. The third-order valence-electron chi connectivity index (χ3n) is 3.60. The second kappa shape index (κ2) is 6.86. The van der Waals surface area contributed by atoms with Gasteiger partial charge in [0, 0.05) is 19.0 Å². The van der Waals surface area contributed by atoms with E-state index >= 15 is 0 Å². The highest BCUT2D eigenvalue weighted by Gasteiger charge is 2.28. The summed E-state index contributed by atoms with van der Waals surface area (Å²) in [4.78, 5) is 14.2. The van der Waals surface area contributed by atoms with Crippen LogP contribution in [-0.4, -0.2) is 36.0 Å². The molecule has 1 fully saturated rings. The normalized spacial score (nSPS) is 24.4. The highest BCUT2D eigenvalue weighted by molar-refractivity contribution is 5.76. The topological polar surface area (TPSA) is 55.6 Å². The van der Waals surface area contributed by atoms with Crippen LogP contribution < -0.4 is 5.73 Å². The molecule has 4 nitrogen and oxygen atoms in total. The Labute approximate surface area is 120 Å². The molecule has 0 spiro atoms. The van der Waals surface area contributed by atoms with Crippen molar-refractivity contribution in [2.75, 3.05) is 13.1 Å². The first-order chi connectivity index (χ1) is 9.56. The molecule has 3 unspecified atom stereocenters. The predicted octanol–water partition coefficient (Wildman–Crippen LogP) is 2.10. The lowest BCUT2D eigenvalue weighted by atomic mass is 10.1. The maximum atomic E-state index is 12.2. The minimum Gasteiger partial charge on any atom is -0.367 e. The smallest absolute Gasteiger partial charge is 0.222 e. The quantitative estimate of drug-likeness (QED) is 0.916. The Morgan fingerprint density at radius 2 is 2.10 bits per heavy atom. The molecule has 0 bridgehead atoms. The van der Waals surface area contributed by atoms with E-state index in [0.29, 0.717) is 19.5 Å². The third-order valence-corrected chi connectivity index (χ3v) is 3.60. The summed E-state index contributed by atoms with van der Waals surface area (Å²) in [6.07, 6.45) is 1.29. The number of rotatable bonds is 4. The predicted molar refractivity (Wildman–Crippen MR) is 79.2 cm³/mol. The Morgan fingerprint density at radius 1 is 1.40 bits per heavy atom. The molecule has 3 atom stereocenters. The van der Waals surface area contributed by atoms with Gasteiger partial charge in [0.15, 0.2) is 0 Å². The molecule has 1 aliphatic heterocycles. The Hall–Kier alpha value is -1.39. The van der Waals surface area contributed by atoms with Gasteiger partial charge in [-0.05, 0) is 25.8 Å². The lowest BCUT2D eigenvalue weighted by molar-refractivity contribution is -0.145. The maximum Gasteiger partial charge on any atom is 0.222 e. The van der Waals surface area contributed by atoms with Gasteiger partial charge in [-0.2, -0.15) is 0 Å². The van der Waals surface area contributed by atoms with Crippen molar-refractivity contribution >= 4 is 5.91 Å². The lowest BCUT2D eigenvalue weighted by Gasteiger charge is -2.37. The number of hydrogen-bond donors (Lipinski definition) is 1. The van der Waals surface area contributed by atoms with E-state index in [-0.39, 0.29) is 24.2 Å². The summed E-state index contributed by atoms with van der Waals surface area (Å²) < 4.78 is 5.96. The first-order valence-electron chi connectivity index (χ1n) is 7.30. The van der Waals surface area contributed by atoms with Crippen molar-refractivity contribution < 1.29 is 9.53 Å². The van der Waals surface area contributed by atoms with E-state index < -0.39 is 0 Å². The van der Waals surface area contributed by atoms with E-state index in [0.717, 1.165) is 12.0 Å². The minimum absolute atomic E-state index is 0.0285. The van der Waals surface area contributed by atoms with Gasteiger partial charge in [-0.3, -0.25) is 4.79 Å². The summed E-state index contributed by atoms with van der Waals surface area (Å²) in [5.41, 5.74) is 6.85. The SMILES string of the molecule is CC(N)CCC(=O)N1CC(C)OC(c2ccccc2)C1. The zero-order chi connectivity index (χ0) is 14.5. The molecular weight excluding hydrogens is 252 g/mol. The maximum absolute atomic E-state index is 12.2. The molecule has 0 saturated carbocycles. The number of hydrogen-bond acceptors (Lipinski definition) is 3. The largest absolute Gasteiger partial charge is 0.367 e. The molecule has 0 aliphatic carbocycles. The van der Waals surface area contributed by atoms with Crippen LogP contribution >= 0.6 is 0 Å². The molecule has 1 saturated heterocycles. The summed E-state index contributed by atoms with van der Waals surface area (Å²) in [5.74, 6) is 0.179. The highest BCUT2D eigenvalue weighted by atomic mass is 16.5. The Morgan fingerprint density at radius 3 is 2.75 bits per heavy atom. The number of nitrogens with two attached hydrogens (primary N) is 1. The van der Waals surface area contributed by atoms with Gasteiger partial charge >= 0.3 is 0 Å². The minimum atomic E-state index is -0.0285. The molecule has 1 amide bonds. The van der Waals surface area contributed by atoms with E-state index in [1.54, 1.807) is 0 Å². The van der Waals surface area contributed by atoms with E-state index in [2.05, 4.69) is 0 Å². The molecule has 20 heavy (non-hydrogen) atoms. The van der Waals surface area contributed by atoms with Crippen LogP contribution in [0.15, 0.2) is 30.3 Å². The van der Waals surface area contributed by atoms with Gasteiger partial charge in [0.25, 0.3) is 0 Å². The summed E-state index contributed by atoms with van der Waals surface area (Å²) in [7, 11) is 0. The van der Waals surface area contributed by atoms with Crippen molar-refractivity contribution in [1.82, 2.24) is 4.90 Å². The summed E-state index contributed by atoms with van der Waals surface area (Å²) in [6.45, 7) is 5.25. The summed E-state index contributed by atoms with van der Waals surface area (Å²) in [6, 6.07) is 10.2. The summed E-state index contributed by atoms with van der Waals surface area (Å²) >= 11 is 0. The molecule has 2 N–H and O–H groups in total. The molecule has 0 radical (unpaired) electrons. The van der Waals surface area contributed by atoms with Crippen LogP contribution in [0.5, 0.6) is 0 Å². The van der Waals surface area contributed by atoms with Crippen molar-refractivity contribution in [3.8, 4) is 0 Å². The number of amides is 1. The molecule has 4 heteroatoms. The number of carbonyl (C=O) groups is 1. The first kappa shape index (κ1) is 15.0. The van der Waals surface area contributed by atoms with E-state index in [1.807, 2.05) is 49.1 Å². The van der Waals surface area contributed by atoms with Gasteiger partial charge in [-0.25, -0.2) is 0 Å². The standard InChI is InChI=1S/C16H24N2O2/c1-12(17)8-9-16(19)18-10-13(2)20-15(11-18)14-6-4-3-5-7-14/h3-7,12-13,15H,8-11,17H2,1-2H3. The van der Waals surface area contributed by atoms with Crippen LogP contribution in [0.2, 0.25) is 0 Å². The molecule has 110 valence electrons. The molecule has 1 aromatic rings. The molecule has 1 aromatic carbocycles. The molecule has 1 heterocycles. The van der Waals surface area contributed by atoms with Gasteiger partial charge in [-0.15, -0.1) is 0 Å². The van der Waals surface area contributed by atoms with Crippen molar-refractivity contribution in [3.05, 3.63) is 35.9 Å². The van der Waals surface area contributed by atoms with Gasteiger partial charge in [0.05, 0.1) is 12.6 Å². The van der Waals surface area contributed by atoms with Crippen LogP contribution in [0.4, 0.5) is 0 Å². The first-order valence-corrected chi connectivity index (χ1v) is 7.30. The second-order valence-corrected chi connectivity index (χ2v) is 5.66. The average Bonchev–Trinajstić information content (AvgIpc) is 2.45. The van der Waals surface area contributed by atoms with E-state index in [1.165, 1.54) is 0 Å². The van der Waals surface area contributed by atoms with Crippen LogP contribution in [0.3, 0.4) is 0 Å². The number of nitrogens with zero attached hydrogens (tertiary/aromatic N) is 1. The fourth-order valence-electron chi connectivity index (χ4n) is 2.52. The number of ether oxygens (including phenoxy) is 1. The van der Waals surface area contributed by atoms with Gasteiger partial charge in [-0.1, -0.05) is 30.3 Å². The van der Waals surface area contributed by atoms with E-state index in [4.69, 9.17) is 10.5 Å². The molecule has 1 aliphatic rings. The molecule has 2 rings (SSSR count). The zero-order valence-electron chi connectivity index (χ0n) is 12.3. The Bertz CT molecular complexity index is 433. The van der Waals surface area contributed by atoms with Gasteiger partial charge in [0.2, 0.25) is 5.91 Å².